The highest BCUT2D eigenvalue weighted by molar-refractivity contribution is 7.92. The van der Waals surface area contributed by atoms with Crippen molar-refractivity contribution in [1.29, 1.82) is 0 Å². The van der Waals surface area contributed by atoms with Gasteiger partial charge in [0.25, 0.3) is 15.6 Å². The maximum Gasteiger partial charge on any atom is 0.268 e. The fourth-order valence-electron chi connectivity index (χ4n) is 1.20. The quantitative estimate of drug-likeness (QED) is 0.676. The Balaban J connectivity index is 2.39. The lowest BCUT2D eigenvalue weighted by molar-refractivity contribution is 0.599. The first kappa shape index (κ1) is 12.0. The number of H-pyrrole nitrogens is 2. The smallest absolute Gasteiger partial charge is 0.268 e. The van der Waals surface area contributed by atoms with Gasteiger partial charge in [-0.1, -0.05) is 0 Å². The van der Waals surface area contributed by atoms with E-state index in [2.05, 4.69) is 19.9 Å². The number of hydrogen-bond donors (Lipinski definition) is 3. The van der Waals surface area contributed by atoms with E-state index >= 15 is 0 Å². The molecule has 0 aliphatic heterocycles. The van der Waals surface area contributed by atoms with Crippen molar-refractivity contribution in [3.63, 3.8) is 0 Å². The van der Waals surface area contributed by atoms with Crippen molar-refractivity contribution in [2.75, 3.05) is 4.72 Å². The number of aromatic nitrogens is 3. The van der Waals surface area contributed by atoms with Crippen LogP contribution in [0.25, 0.3) is 0 Å². The van der Waals surface area contributed by atoms with Crippen LogP contribution in [0.3, 0.4) is 0 Å². The predicted molar refractivity (Wildman–Crippen MR) is 62.7 cm³/mol. The van der Waals surface area contributed by atoms with Crippen molar-refractivity contribution in [2.45, 2.75) is 4.90 Å². The second-order valence-corrected chi connectivity index (χ2v) is 4.94. The summed E-state index contributed by atoms with van der Waals surface area (Å²) in [5.41, 5.74) is -1.11. The number of aromatic amines is 2. The number of sulfonamides is 1. The van der Waals surface area contributed by atoms with E-state index < -0.39 is 25.9 Å². The van der Waals surface area contributed by atoms with Crippen molar-refractivity contribution < 1.29 is 8.42 Å². The molecule has 2 heterocycles. The standard InChI is InChI=1S/C9H8N4O4S/c14-6-3-4-10-5-7(6)18(16,17)13-8-1-2-9(15)12-11-8/h1-5H,(H,10,14)(H,11,13)(H,12,15). The first-order valence-electron chi connectivity index (χ1n) is 4.75. The van der Waals surface area contributed by atoms with Crippen LogP contribution in [-0.4, -0.2) is 23.6 Å². The zero-order valence-corrected chi connectivity index (χ0v) is 9.69. The lowest BCUT2D eigenvalue weighted by Crippen LogP contribution is -2.22. The summed E-state index contributed by atoms with van der Waals surface area (Å²) in [6.45, 7) is 0. The molecular weight excluding hydrogens is 260 g/mol. The fraction of sp³-hybridized carbons (Fsp3) is 0. The largest absolute Gasteiger partial charge is 0.366 e. The average Bonchev–Trinajstić information content (AvgIpc) is 2.32. The minimum absolute atomic E-state index is 0.0853. The van der Waals surface area contributed by atoms with E-state index in [1.54, 1.807) is 0 Å². The van der Waals surface area contributed by atoms with Gasteiger partial charge in [0.05, 0.1) is 0 Å². The number of hydrogen-bond acceptors (Lipinski definition) is 5. The molecule has 0 saturated heterocycles. The molecule has 3 N–H and O–H groups in total. The molecule has 0 aromatic carbocycles. The number of rotatable bonds is 3. The molecule has 2 rings (SSSR count). The van der Waals surface area contributed by atoms with Gasteiger partial charge in [-0.15, -0.1) is 0 Å². The summed E-state index contributed by atoms with van der Waals surface area (Å²) in [6, 6.07) is 3.39. The lowest BCUT2D eigenvalue weighted by Gasteiger charge is -2.05. The Morgan fingerprint density at radius 1 is 1.17 bits per heavy atom. The lowest BCUT2D eigenvalue weighted by atomic mass is 10.5. The Labute approximate surface area is 101 Å². The molecule has 0 aliphatic rings. The molecule has 94 valence electrons. The molecule has 2 aromatic rings. The number of pyridine rings is 1. The van der Waals surface area contributed by atoms with Crippen molar-refractivity contribution in [3.8, 4) is 0 Å². The van der Waals surface area contributed by atoms with Crippen LogP contribution in [0.2, 0.25) is 0 Å². The predicted octanol–water partition coefficient (Wildman–Crippen LogP) is -0.741. The molecule has 0 aliphatic carbocycles. The van der Waals surface area contributed by atoms with Gasteiger partial charge in [-0.2, -0.15) is 5.10 Å². The van der Waals surface area contributed by atoms with Crippen molar-refractivity contribution >= 4 is 15.8 Å². The SMILES string of the molecule is O=c1ccc(NS(=O)(=O)c2c[nH]ccc2=O)n[nH]1. The average molecular weight is 268 g/mol. The van der Waals surface area contributed by atoms with Gasteiger partial charge in [-0.05, 0) is 6.07 Å². The molecule has 9 heteroatoms. The summed E-state index contributed by atoms with van der Waals surface area (Å²) < 4.78 is 25.8. The minimum Gasteiger partial charge on any atom is -0.366 e. The highest BCUT2D eigenvalue weighted by Crippen LogP contribution is 2.07. The van der Waals surface area contributed by atoms with E-state index in [4.69, 9.17) is 0 Å². The maximum atomic E-state index is 11.8. The highest BCUT2D eigenvalue weighted by Gasteiger charge is 2.18. The van der Waals surface area contributed by atoms with Gasteiger partial charge < -0.3 is 4.98 Å². The zero-order chi connectivity index (χ0) is 13.2. The first-order chi connectivity index (χ1) is 8.49. The topological polar surface area (TPSA) is 125 Å². The van der Waals surface area contributed by atoms with Gasteiger partial charge in [0.15, 0.2) is 10.7 Å². The second kappa shape index (κ2) is 4.45. The van der Waals surface area contributed by atoms with Crippen LogP contribution < -0.4 is 15.7 Å². The van der Waals surface area contributed by atoms with E-state index in [1.807, 2.05) is 0 Å². The monoisotopic (exact) mass is 268 g/mol. The molecule has 0 bridgehead atoms. The van der Waals surface area contributed by atoms with Gasteiger partial charge in [0.2, 0.25) is 5.43 Å². The molecule has 0 radical (unpaired) electrons. The van der Waals surface area contributed by atoms with Gasteiger partial charge in [0.1, 0.15) is 0 Å². The van der Waals surface area contributed by atoms with Crippen LogP contribution in [0.4, 0.5) is 5.82 Å². The third-order valence-corrected chi connectivity index (χ3v) is 3.37. The summed E-state index contributed by atoms with van der Waals surface area (Å²) in [5.74, 6) is -0.0853. The van der Waals surface area contributed by atoms with Gasteiger partial charge in [0, 0.05) is 24.5 Å². The molecule has 18 heavy (non-hydrogen) atoms. The summed E-state index contributed by atoms with van der Waals surface area (Å²) in [7, 11) is -4.04. The highest BCUT2D eigenvalue weighted by atomic mass is 32.2. The normalized spacial score (nSPS) is 11.1. The van der Waals surface area contributed by atoms with Crippen molar-refractivity contribution in [3.05, 3.63) is 51.2 Å². The molecule has 0 amide bonds. The van der Waals surface area contributed by atoms with Crippen LogP contribution in [-0.2, 0) is 10.0 Å². The second-order valence-electron chi connectivity index (χ2n) is 3.28. The van der Waals surface area contributed by atoms with Crippen molar-refractivity contribution in [2.24, 2.45) is 0 Å². The van der Waals surface area contributed by atoms with Gasteiger partial charge in [-0.25, -0.2) is 13.5 Å². The van der Waals surface area contributed by atoms with E-state index in [1.165, 1.54) is 12.3 Å². The summed E-state index contributed by atoms with van der Waals surface area (Å²) in [5, 5.41) is 5.55. The minimum atomic E-state index is -4.04. The zero-order valence-electron chi connectivity index (χ0n) is 8.88. The first-order valence-corrected chi connectivity index (χ1v) is 6.23. The Hall–Kier alpha value is -2.42. The van der Waals surface area contributed by atoms with E-state index in [9.17, 15) is 18.0 Å². The molecule has 2 aromatic heterocycles. The molecule has 8 nitrogen and oxygen atoms in total. The Morgan fingerprint density at radius 3 is 2.56 bits per heavy atom. The third kappa shape index (κ3) is 2.46. The van der Waals surface area contributed by atoms with E-state index in [-0.39, 0.29) is 5.82 Å². The van der Waals surface area contributed by atoms with Crippen LogP contribution in [0.15, 0.2) is 45.1 Å². The fourth-order valence-corrected chi connectivity index (χ4v) is 2.26. The van der Waals surface area contributed by atoms with Crippen LogP contribution in [0.1, 0.15) is 0 Å². The summed E-state index contributed by atoms with van der Waals surface area (Å²) in [6.07, 6.45) is 2.38. The summed E-state index contributed by atoms with van der Waals surface area (Å²) >= 11 is 0. The maximum absolute atomic E-state index is 11.8. The Kier molecular flexibility index (Phi) is 2.98. The van der Waals surface area contributed by atoms with Gasteiger partial charge in [-0.3, -0.25) is 14.3 Å². The van der Waals surface area contributed by atoms with Crippen LogP contribution >= 0.6 is 0 Å². The van der Waals surface area contributed by atoms with Gasteiger partial charge >= 0.3 is 0 Å². The molecule has 0 unspecified atom stereocenters. The van der Waals surface area contributed by atoms with E-state index in [0.29, 0.717) is 0 Å². The Morgan fingerprint density at radius 2 is 1.94 bits per heavy atom. The number of nitrogens with one attached hydrogen (secondary N) is 3. The third-order valence-electron chi connectivity index (χ3n) is 2.00. The molecule has 0 spiro atoms. The van der Waals surface area contributed by atoms with Crippen LogP contribution in [0.5, 0.6) is 0 Å². The molecular formula is C9H8N4O4S. The molecule has 0 fully saturated rings. The van der Waals surface area contributed by atoms with Crippen molar-refractivity contribution in [1.82, 2.24) is 15.2 Å². The van der Waals surface area contributed by atoms with Crippen LogP contribution in [0, 0.1) is 0 Å². The number of anilines is 1. The van der Waals surface area contributed by atoms with E-state index in [0.717, 1.165) is 18.3 Å². The molecule has 0 atom stereocenters. The summed E-state index contributed by atoms with van der Waals surface area (Å²) in [4.78, 5) is 24.2. The number of nitrogens with zero attached hydrogens (tertiary/aromatic N) is 1. The Bertz CT molecular complexity index is 757. The molecule has 0 saturated carbocycles.